The van der Waals surface area contributed by atoms with Crippen molar-refractivity contribution in [2.45, 2.75) is 18.9 Å². The summed E-state index contributed by atoms with van der Waals surface area (Å²) in [6, 6.07) is 0. The summed E-state index contributed by atoms with van der Waals surface area (Å²) >= 11 is 3.38. The molecule has 0 spiro atoms. The highest BCUT2D eigenvalue weighted by molar-refractivity contribution is 9.11. The van der Waals surface area contributed by atoms with Gasteiger partial charge in [-0.15, -0.1) is 0 Å². The number of esters is 1. The van der Waals surface area contributed by atoms with Crippen LogP contribution in [0.15, 0.2) is 22.2 Å². The number of hydrogen-bond acceptors (Lipinski definition) is 3. The molecule has 0 aromatic heterocycles. The van der Waals surface area contributed by atoms with Gasteiger partial charge in [0.15, 0.2) is 0 Å². The Morgan fingerprint density at radius 1 is 1.47 bits per heavy atom. The first-order valence-electron chi connectivity index (χ1n) is 4.52. The van der Waals surface area contributed by atoms with Crippen molar-refractivity contribution < 1.29 is 14.3 Å². The lowest BCUT2D eigenvalue weighted by Gasteiger charge is -2.43. The Labute approximate surface area is 95.7 Å². The Morgan fingerprint density at radius 2 is 2.13 bits per heavy atom. The van der Waals surface area contributed by atoms with E-state index in [4.69, 9.17) is 0 Å². The second kappa shape index (κ2) is 3.20. The van der Waals surface area contributed by atoms with Gasteiger partial charge < -0.3 is 9.64 Å². The summed E-state index contributed by atoms with van der Waals surface area (Å²) in [5, 5.41) is 0. The number of rotatable bonds is 0. The fraction of sp³-hybridized carbons (Fsp3) is 0.400. The number of allylic oxidation sites excluding steroid dienone is 2. The Balaban J connectivity index is 2.51. The number of halogens is 1. The van der Waals surface area contributed by atoms with E-state index >= 15 is 0 Å². The molecule has 1 unspecified atom stereocenters. The average Bonchev–Trinajstić information content (AvgIpc) is 2.14. The molecule has 0 aromatic rings. The minimum absolute atomic E-state index is 0.521. The maximum absolute atomic E-state index is 11.5. The van der Waals surface area contributed by atoms with E-state index in [0.29, 0.717) is 12.0 Å². The van der Waals surface area contributed by atoms with Crippen LogP contribution in [0.2, 0.25) is 0 Å². The number of likely N-dealkylation sites (N-methyl/N-ethyl adjacent to an activating group) is 1. The van der Waals surface area contributed by atoms with Gasteiger partial charge in [0.05, 0.1) is 11.1 Å². The van der Waals surface area contributed by atoms with Crippen LogP contribution in [0.4, 0.5) is 4.79 Å². The van der Waals surface area contributed by atoms with Crippen LogP contribution in [0, 0.1) is 0 Å². The third-order valence-corrected chi connectivity index (χ3v) is 3.48. The van der Waals surface area contributed by atoms with Crippen molar-refractivity contribution in [3.8, 4) is 0 Å². The second-order valence-electron chi connectivity index (χ2n) is 3.86. The maximum Gasteiger partial charge on any atom is 0.418 e. The van der Waals surface area contributed by atoms with Crippen LogP contribution in [0.5, 0.6) is 0 Å². The van der Waals surface area contributed by atoms with Gasteiger partial charge in [-0.3, -0.25) is 0 Å². The summed E-state index contributed by atoms with van der Waals surface area (Å²) in [5.74, 6) is -0.545. The molecule has 1 atom stereocenters. The molecule has 5 heteroatoms. The average molecular weight is 272 g/mol. The van der Waals surface area contributed by atoms with Crippen LogP contribution in [0.3, 0.4) is 0 Å². The van der Waals surface area contributed by atoms with E-state index in [1.165, 1.54) is 4.90 Å². The molecule has 2 aliphatic rings. The molecular weight excluding hydrogens is 262 g/mol. The molecule has 1 amide bonds. The van der Waals surface area contributed by atoms with E-state index in [1.54, 1.807) is 13.1 Å². The summed E-state index contributed by atoms with van der Waals surface area (Å²) in [6.45, 7) is 1.85. The molecule has 1 aliphatic carbocycles. The van der Waals surface area contributed by atoms with Gasteiger partial charge in [0, 0.05) is 13.5 Å². The minimum atomic E-state index is -0.597. The Kier molecular flexibility index (Phi) is 2.22. The molecule has 0 bridgehead atoms. The molecule has 4 nitrogen and oxygen atoms in total. The highest BCUT2D eigenvalue weighted by Crippen LogP contribution is 2.39. The number of nitrogens with zero attached hydrogens (tertiary/aromatic N) is 1. The smallest absolute Gasteiger partial charge is 0.373 e. The number of hydrogen-bond donors (Lipinski definition) is 0. The third-order valence-electron chi connectivity index (χ3n) is 2.94. The first kappa shape index (κ1) is 10.4. The van der Waals surface area contributed by atoms with E-state index in [1.807, 2.05) is 13.0 Å². The number of carbonyl (C=O) groups is 2. The lowest BCUT2D eigenvalue weighted by molar-refractivity contribution is -0.138. The molecular formula is C10H10BrNO3. The molecule has 2 rings (SSSR count). The van der Waals surface area contributed by atoms with Crippen molar-refractivity contribution in [3.63, 3.8) is 0 Å². The van der Waals surface area contributed by atoms with Gasteiger partial charge in [-0.05, 0) is 17.5 Å². The standard InChI is InChI=1S/C10H10BrNO3/c1-10-5-6(11)3-4-7(10)8(13)15-9(14)12(10)2/h3-4H,5H2,1-2H3. The highest BCUT2D eigenvalue weighted by Gasteiger charge is 2.47. The van der Waals surface area contributed by atoms with E-state index in [-0.39, 0.29) is 0 Å². The fourth-order valence-electron chi connectivity index (χ4n) is 1.83. The van der Waals surface area contributed by atoms with E-state index in [9.17, 15) is 9.59 Å². The summed E-state index contributed by atoms with van der Waals surface area (Å²) < 4.78 is 5.56. The molecule has 1 saturated heterocycles. The van der Waals surface area contributed by atoms with Crippen LogP contribution in [-0.2, 0) is 9.53 Å². The number of ether oxygens (including phenoxy) is 1. The van der Waals surface area contributed by atoms with Crippen LogP contribution in [0.1, 0.15) is 13.3 Å². The van der Waals surface area contributed by atoms with Gasteiger partial charge in [-0.1, -0.05) is 22.0 Å². The van der Waals surface area contributed by atoms with Crippen LogP contribution in [-0.4, -0.2) is 29.5 Å². The maximum atomic E-state index is 11.5. The van der Waals surface area contributed by atoms with E-state index in [2.05, 4.69) is 20.7 Å². The normalized spacial score (nSPS) is 30.5. The van der Waals surface area contributed by atoms with Gasteiger partial charge >= 0.3 is 12.1 Å². The van der Waals surface area contributed by atoms with Gasteiger partial charge in [0.1, 0.15) is 0 Å². The summed E-state index contributed by atoms with van der Waals surface area (Å²) in [7, 11) is 1.63. The highest BCUT2D eigenvalue weighted by atomic mass is 79.9. The molecule has 0 radical (unpaired) electrons. The predicted molar refractivity (Wildman–Crippen MR) is 57.4 cm³/mol. The van der Waals surface area contributed by atoms with Crippen molar-refractivity contribution in [2.75, 3.05) is 7.05 Å². The third kappa shape index (κ3) is 1.42. The summed E-state index contributed by atoms with van der Waals surface area (Å²) in [6.07, 6.45) is 3.50. The fourth-order valence-corrected chi connectivity index (χ4v) is 2.51. The molecule has 15 heavy (non-hydrogen) atoms. The first-order valence-corrected chi connectivity index (χ1v) is 5.31. The van der Waals surface area contributed by atoms with E-state index < -0.39 is 17.6 Å². The molecule has 80 valence electrons. The molecule has 0 aromatic carbocycles. The van der Waals surface area contributed by atoms with Gasteiger partial charge in [-0.25, -0.2) is 9.59 Å². The lowest BCUT2D eigenvalue weighted by atomic mass is 9.82. The Bertz CT molecular complexity index is 413. The molecule has 1 aliphatic heterocycles. The van der Waals surface area contributed by atoms with E-state index in [0.717, 1.165) is 4.48 Å². The zero-order valence-electron chi connectivity index (χ0n) is 8.41. The Hall–Kier alpha value is -1.10. The minimum Gasteiger partial charge on any atom is -0.373 e. The predicted octanol–water partition coefficient (Wildman–Crippen LogP) is 1.96. The summed E-state index contributed by atoms with van der Waals surface area (Å²) in [4.78, 5) is 24.4. The second-order valence-corrected chi connectivity index (χ2v) is 4.88. The monoisotopic (exact) mass is 271 g/mol. The zero-order chi connectivity index (χ0) is 11.2. The van der Waals surface area contributed by atoms with Crippen LogP contribution < -0.4 is 0 Å². The lowest BCUT2D eigenvalue weighted by Crippen LogP contribution is -2.56. The van der Waals surface area contributed by atoms with Crippen molar-refractivity contribution in [2.24, 2.45) is 0 Å². The number of carbonyl (C=O) groups excluding carboxylic acids is 2. The first-order chi connectivity index (χ1) is 6.95. The summed E-state index contributed by atoms with van der Waals surface area (Å²) in [5.41, 5.74) is -0.0761. The number of fused-ring (bicyclic) bond motifs is 1. The topological polar surface area (TPSA) is 46.6 Å². The number of amides is 1. The zero-order valence-corrected chi connectivity index (χ0v) is 10.00. The van der Waals surface area contributed by atoms with Gasteiger partial charge in [-0.2, -0.15) is 0 Å². The van der Waals surface area contributed by atoms with Crippen molar-refractivity contribution in [1.29, 1.82) is 0 Å². The molecule has 1 fully saturated rings. The van der Waals surface area contributed by atoms with Crippen molar-refractivity contribution in [1.82, 2.24) is 4.90 Å². The van der Waals surface area contributed by atoms with Crippen molar-refractivity contribution >= 4 is 28.0 Å². The SMILES string of the molecule is CN1C(=O)OC(=O)C2=CC=C(Br)CC21C. The van der Waals surface area contributed by atoms with Gasteiger partial charge in [0.25, 0.3) is 0 Å². The van der Waals surface area contributed by atoms with Crippen LogP contribution in [0.25, 0.3) is 0 Å². The quantitative estimate of drug-likeness (QED) is 0.500. The molecule has 0 N–H and O–H groups in total. The molecule has 0 saturated carbocycles. The number of cyclic esters (lactones) is 2. The largest absolute Gasteiger partial charge is 0.418 e. The van der Waals surface area contributed by atoms with Gasteiger partial charge in [0.2, 0.25) is 0 Å². The molecule has 1 heterocycles. The van der Waals surface area contributed by atoms with Crippen LogP contribution >= 0.6 is 15.9 Å². The van der Waals surface area contributed by atoms with Crippen molar-refractivity contribution in [3.05, 3.63) is 22.2 Å². The Morgan fingerprint density at radius 3 is 2.80 bits per heavy atom.